The van der Waals surface area contributed by atoms with Crippen molar-refractivity contribution >= 4 is 5.91 Å². The van der Waals surface area contributed by atoms with Gasteiger partial charge in [-0.1, -0.05) is 12.1 Å². The van der Waals surface area contributed by atoms with Crippen LogP contribution in [0.15, 0.2) is 24.3 Å². The van der Waals surface area contributed by atoms with E-state index < -0.39 is 5.54 Å². The SMILES string of the molecule is CNC1(C(N)=O)CCC(Oc2ccc(CO)cc2)C1. The topological polar surface area (TPSA) is 84.6 Å². The number of aliphatic hydroxyl groups is 1. The Bertz CT molecular complexity index is 447. The lowest BCUT2D eigenvalue weighted by atomic mass is 9.97. The summed E-state index contributed by atoms with van der Waals surface area (Å²) < 4.78 is 5.85. The van der Waals surface area contributed by atoms with Gasteiger partial charge in [0.1, 0.15) is 17.4 Å². The average molecular weight is 264 g/mol. The fraction of sp³-hybridized carbons (Fsp3) is 0.500. The van der Waals surface area contributed by atoms with Gasteiger partial charge in [-0.15, -0.1) is 0 Å². The molecule has 1 aromatic carbocycles. The number of carbonyl (C=O) groups is 1. The van der Waals surface area contributed by atoms with E-state index in [0.717, 1.165) is 17.7 Å². The maximum atomic E-state index is 11.5. The zero-order valence-electron chi connectivity index (χ0n) is 11.1. The molecule has 4 N–H and O–H groups in total. The third kappa shape index (κ3) is 2.88. The van der Waals surface area contributed by atoms with Gasteiger partial charge in [-0.05, 0) is 37.6 Å². The molecule has 5 heteroatoms. The molecule has 1 aliphatic rings. The van der Waals surface area contributed by atoms with Crippen molar-refractivity contribution in [3.63, 3.8) is 0 Å². The molecule has 2 unspecified atom stereocenters. The molecule has 0 aromatic heterocycles. The zero-order chi connectivity index (χ0) is 13.9. The van der Waals surface area contributed by atoms with Crippen molar-refractivity contribution in [2.75, 3.05) is 7.05 Å². The fourth-order valence-electron chi connectivity index (χ4n) is 2.54. The molecule has 1 amide bonds. The molecule has 1 fully saturated rings. The predicted molar refractivity (Wildman–Crippen MR) is 71.6 cm³/mol. The van der Waals surface area contributed by atoms with E-state index >= 15 is 0 Å². The lowest BCUT2D eigenvalue weighted by Gasteiger charge is -2.24. The summed E-state index contributed by atoms with van der Waals surface area (Å²) in [5.74, 6) is 0.426. The van der Waals surface area contributed by atoms with E-state index in [2.05, 4.69) is 5.32 Å². The third-order valence-corrected chi connectivity index (χ3v) is 3.83. The second-order valence-electron chi connectivity index (χ2n) is 4.98. The lowest BCUT2D eigenvalue weighted by molar-refractivity contribution is -0.124. The van der Waals surface area contributed by atoms with Gasteiger partial charge in [-0.3, -0.25) is 4.79 Å². The van der Waals surface area contributed by atoms with Crippen LogP contribution in [0.4, 0.5) is 0 Å². The van der Waals surface area contributed by atoms with Crippen LogP contribution in [-0.2, 0) is 11.4 Å². The normalized spacial score (nSPS) is 26.3. The molecule has 2 rings (SSSR count). The van der Waals surface area contributed by atoms with E-state index in [1.54, 1.807) is 7.05 Å². The zero-order valence-corrected chi connectivity index (χ0v) is 11.1. The number of nitrogens with one attached hydrogen (secondary N) is 1. The van der Waals surface area contributed by atoms with Gasteiger partial charge in [0.05, 0.1) is 6.61 Å². The molecule has 0 spiro atoms. The molecule has 0 saturated heterocycles. The van der Waals surface area contributed by atoms with Gasteiger partial charge in [-0.25, -0.2) is 0 Å². The minimum atomic E-state index is -0.643. The highest BCUT2D eigenvalue weighted by Gasteiger charge is 2.43. The summed E-state index contributed by atoms with van der Waals surface area (Å²) in [6.07, 6.45) is 2.06. The van der Waals surface area contributed by atoms with Crippen LogP contribution in [0.1, 0.15) is 24.8 Å². The smallest absolute Gasteiger partial charge is 0.237 e. The van der Waals surface area contributed by atoms with E-state index in [1.807, 2.05) is 24.3 Å². The Morgan fingerprint density at radius 1 is 1.53 bits per heavy atom. The van der Waals surface area contributed by atoms with Crippen molar-refractivity contribution in [2.24, 2.45) is 5.73 Å². The van der Waals surface area contributed by atoms with E-state index in [-0.39, 0.29) is 18.6 Å². The van der Waals surface area contributed by atoms with Crippen molar-refractivity contribution in [1.29, 1.82) is 0 Å². The van der Waals surface area contributed by atoms with Crippen molar-refractivity contribution in [2.45, 2.75) is 37.5 Å². The van der Waals surface area contributed by atoms with Crippen LogP contribution in [-0.4, -0.2) is 29.7 Å². The lowest BCUT2D eigenvalue weighted by Crippen LogP contribution is -2.52. The Kier molecular flexibility index (Phi) is 4.07. The number of benzene rings is 1. The largest absolute Gasteiger partial charge is 0.490 e. The summed E-state index contributed by atoms with van der Waals surface area (Å²) in [6.45, 7) is 0.0221. The Hall–Kier alpha value is -1.59. The van der Waals surface area contributed by atoms with Crippen LogP contribution in [0.3, 0.4) is 0 Å². The summed E-state index contributed by atoms with van der Waals surface area (Å²) in [5.41, 5.74) is 5.66. The predicted octanol–water partition coefficient (Wildman–Crippen LogP) is 0.554. The van der Waals surface area contributed by atoms with Gasteiger partial charge in [0.25, 0.3) is 0 Å². The number of hydrogen-bond acceptors (Lipinski definition) is 4. The molecule has 5 nitrogen and oxygen atoms in total. The standard InChI is InChI=1S/C14H20N2O3/c1-16-14(13(15)18)7-6-12(8-14)19-11-4-2-10(9-17)3-5-11/h2-5,12,16-17H,6-9H2,1H3,(H2,15,18). The number of likely N-dealkylation sites (N-methyl/N-ethyl adjacent to an activating group) is 1. The first-order chi connectivity index (χ1) is 9.09. The van der Waals surface area contributed by atoms with Crippen molar-refractivity contribution in [3.05, 3.63) is 29.8 Å². The van der Waals surface area contributed by atoms with Crippen LogP contribution in [0, 0.1) is 0 Å². The van der Waals surface area contributed by atoms with Gasteiger partial charge in [-0.2, -0.15) is 0 Å². The number of amides is 1. The van der Waals surface area contributed by atoms with E-state index in [9.17, 15) is 4.79 Å². The molecule has 2 atom stereocenters. The van der Waals surface area contributed by atoms with Crippen LogP contribution in [0.25, 0.3) is 0 Å². The van der Waals surface area contributed by atoms with E-state index in [4.69, 9.17) is 15.6 Å². The number of aliphatic hydroxyl groups excluding tert-OH is 1. The highest BCUT2D eigenvalue weighted by Crippen LogP contribution is 2.32. The number of primary amides is 1. The Morgan fingerprint density at radius 2 is 2.21 bits per heavy atom. The van der Waals surface area contributed by atoms with Crippen molar-refractivity contribution in [1.82, 2.24) is 5.32 Å². The number of rotatable bonds is 5. The molecule has 1 aromatic rings. The number of hydrogen-bond donors (Lipinski definition) is 3. The highest BCUT2D eigenvalue weighted by molar-refractivity contribution is 5.85. The van der Waals surface area contributed by atoms with Crippen LogP contribution in [0.2, 0.25) is 0 Å². The summed E-state index contributed by atoms with van der Waals surface area (Å²) in [6, 6.07) is 7.30. The second-order valence-corrected chi connectivity index (χ2v) is 4.98. The molecule has 0 aliphatic heterocycles. The summed E-state index contributed by atoms with van der Waals surface area (Å²) in [4.78, 5) is 11.5. The average Bonchev–Trinajstić information content (AvgIpc) is 2.84. The molecular weight excluding hydrogens is 244 g/mol. The van der Waals surface area contributed by atoms with Gasteiger partial charge < -0.3 is 20.9 Å². The molecule has 1 aliphatic carbocycles. The first-order valence-electron chi connectivity index (χ1n) is 6.45. The number of carbonyl (C=O) groups excluding carboxylic acids is 1. The Balaban J connectivity index is 1.99. The van der Waals surface area contributed by atoms with Crippen molar-refractivity contribution < 1.29 is 14.6 Å². The van der Waals surface area contributed by atoms with E-state index in [0.29, 0.717) is 12.8 Å². The number of nitrogens with two attached hydrogens (primary N) is 1. The summed E-state index contributed by atoms with van der Waals surface area (Å²) in [7, 11) is 1.75. The molecular formula is C14H20N2O3. The quantitative estimate of drug-likeness (QED) is 0.725. The second kappa shape index (κ2) is 5.59. The van der Waals surface area contributed by atoms with Crippen LogP contribution in [0.5, 0.6) is 5.75 Å². The fourth-order valence-corrected chi connectivity index (χ4v) is 2.54. The van der Waals surface area contributed by atoms with Crippen molar-refractivity contribution in [3.8, 4) is 5.75 Å². The van der Waals surface area contributed by atoms with Gasteiger partial charge >= 0.3 is 0 Å². The third-order valence-electron chi connectivity index (χ3n) is 3.83. The van der Waals surface area contributed by atoms with Gasteiger partial charge in [0, 0.05) is 6.42 Å². The molecule has 1 saturated carbocycles. The van der Waals surface area contributed by atoms with Gasteiger partial charge in [0.15, 0.2) is 0 Å². The first-order valence-corrected chi connectivity index (χ1v) is 6.45. The van der Waals surface area contributed by atoms with E-state index in [1.165, 1.54) is 0 Å². The summed E-state index contributed by atoms with van der Waals surface area (Å²) >= 11 is 0. The molecule has 104 valence electrons. The molecule has 0 radical (unpaired) electrons. The Morgan fingerprint density at radius 3 is 2.68 bits per heavy atom. The maximum Gasteiger partial charge on any atom is 0.237 e. The highest BCUT2D eigenvalue weighted by atomic mass is 16.5. The monoisotopic (exact) mass is 264 g/mol. The van der Waals surface area contributed by atoms with Crippen LogP contribution < -0.4 is 15.8 Å². The maximum absolute atomic E-state index is 11.5. The molecule has 0 heterocycles. The first kappa shape index (κ1) is 13.8. The number of ether oxygens (including phenoxy) is 1. The minimum absolute atomic E-state index is 0.0140. The summed E-state index contributed by atoms with van der Waals surface area (Å²) in [5, 5.41) is 12.0. The van der Waals surface area contributed by atoms with Crippen LogP contribution >= 0.6 is 0 Å². The molecule has 19 heavy (non-hydrogen) atoms. The minimum Gasteiger partial charge on any atom is -0.490 e. The Labute approximate surface area is 112 Å². The molecule has 0 bridgehead atoms. The van der Waals surface area contributed by atoms with Gasteiger partial charge in [0.2, 0.25) is 5.91 Å².